The molecule has 9 heteroatoms. The molecule has 2 amide bonds. The molecule has 5 aromatic rings. The number of rotatable bonds is 6. The predicted octanol–water partition coefficient (Wildman–Crippen LogP) is 6.77. The third kappa shape index (κ3) is 4.48. The highest BCUT2D eigenvalue weighted by Crippen LogP contribution is 2.43. The van der Waals surface area contributed by atoms with Gasteiger partial charge in [-0.05, 0) is 73.2 Å². The first-order valence-electron chi connectivity index (χ1n) is 12.1. The summed E-state index contributed by atoms with van der Waals surface area (Å²) in [6, 6.07) is 23.9. The van der Waals surface area contributed by atoms with Gasteiger partial charge in [-0.2, -0.15) is 4.98 Å². The summed E-state index contributed by atoms with van der Waals surface area (Å²) in [6.45, 7) is 2.69. The molecule has 1 N–H and O–H groups in total. The highest BCUT2D eigenvalue weighted by Gasteiger charge is 2.27. The van der Waals surface area contributed by atoms with E-state index in [1.807, 2.05) is 47.4 Å². The van der Waals surface area contributed by atoms with Crippen molar-refractivity contribution in [3.63, 3.8) is 0 Å². The Morgan fingerprint density at radius 2 is 1.79 bits per heavy atom. The Kier molecular flexibility index (Phi) is 6.27. The van der Waals surface area contributed by atoms with Crippen molar-refractivity contribution in [1.82, 2.24) is 10.1 Å². The fraction of sp³-hybridized carbons (Fsp3) is 0.103. The zero-order chi connectivity index (χ0) is 26.1. The predicted molar refractivity (Wildman–Crippen MR) is 144 cm³/mol. The van der Waals surface area contributed by atoms with E-state index in [-0.39, 0.29) is 17.6 Å². The molecule has 0 atom stereocenters. The molecule has 38 heavy (non-hydrogen) atoms. The van der Waals surface area contributed by atoms with E-state index in [0.29, 0.717) is 29.5 Å². The quantitative estimate of drug-likeness (QED) is 0.263. The SMILES string of the molecule is CCCN1C(=O)c2ccccc2Sc2cc(-c3noc(-c4ccc(NC(=O)c5ccco5)cc4)n3)ccc21. The third-order valence-electron chi connectivity index (χ3n) is 6.10. The van der Waals surface area contributed by atoms with Crippen LogP contribution in [0.3, 0.4) is 0 Å². The molecule has 1 aliphatic rings. The summed E-state index contributed by atoms with van der Waals surface area (Å²) in [5.41, 5.74) is 3.70. The zero-order valence-corrected chi connectivity index (χ0v) is 21.2. The van der Waals surface area contributed by atoms with Gasteiger partial charge in [0, 0.05) is 33.2 Å². The van der Waals surface area contributed by atoms with E-state index in [1.54, 1.807) is 48.2 Å². The highest BCUT2D eigenvalue weighted by molar-refractivity contribution is 7.99. The van der Waals surface area contributed by atoms with Crippen LogP contribution in [0.15, 0.2) is 104 Å². The molecular weight excluding hydrogens is 500 g/mol. The Morgan fingerprint density at radius 1 is 0.974 bits per heavy atom. The normalized spacial score (nSPS) is 12.6. The smallest absolute Gasteiger partial charge is 0.291 e. The molecule has 0 bridgehead atoms. The van der Waals surface area contributed by atoms with Crippen LogP contribution in [0.4, 0.5) is 11.4 Å². The maximum Gasteiger partial charge on any atom is 0.291 e. The lowest BCUT2D eigenvalue weighted by atomic mass is 10.1. The van der Waals surface area contributed by atoms with Gasteiger partial charge in [0.2, 0.25) is 5.82 Å². The maximum atomic E-state index is 13.3. The number of aromatic nitrogens is 2. The summed E-state index contributed by atoms with van der Waals surface area (Å²) < 4.78 is 10.7. The number of hydrogen-bond acceptors (Lipinski definition) is 7. The Balaban J connectivity index is 1.26. The Hall–Kier alpha value is -4.63. The number of nitrogens with zero attached hydrogens (tertiary/aromatic N) is 3. The summed E-state index contributed by atoms with van der Waals surface area (Å²) >= 11 is 1.56. The van der Waals surface area contributed by atoms with Gasteiger partial charge in [-0.15, -0.1) is 0 Å². The van der Waals surface area contributed by atoms with E-state index >= 15 is 0 Å². The van der Waals surface area contributed by atoms with Crippen LogP contribution in [-0.4, -0.2) is 28.5 Å². The third-order valence-corrected chi connectivity index (χ3v) is 7.22. The molecule has 1 aliphatic heterocycles. The van der Waals surface area contributed by atoms with Crippen molar-refractivity contribution >= 4 is 35.0 Å². The topological polar surface area (TPSA) is 101 Å². The van der Waals surface area contributed by atoms with Gasteiger partial charge in [0.05, 0.1) is 17.5 Å². The van der Waals surface area contributed by atoms with E-state index in [0.717, 1.165) is 33.0 Å². The minimum atomic E-state index is -0.328. The van der Waals surface area contributed by atoms with Crippen molar-refractivity contribution < 1.29 is 18.5 Å². The van der Waals surface area contributed by atoms with Crippen LogP contribution in [-0.2, 0) is 0 Å². The number of carbonyl (C=O) groups excluding carboxylic acids is 2. The molecule has 0 saturated heterocycles. The van der Waals surface area contributed by atoms with Crippen LogP contribution < -0.4 is 10.2 Å². The minimum Gasteiger partial charge on any atom is -0.459 e. The van der Waals surface area contributed by atoms with Crippen LogP contribution in [0.1, 0.15) is 34.3 Å². The van der Waals surface area contributed by atoms with E-state index in [4.69, 9.17) is 8.94 Å². The van der Waals surface area contributed by atoms with Crippen molar-refractivity contribution in [2.75, 3.05) is 16.8 Å². The average molecular weight is 523 g/mol. The summed E-state index contributed by atoms with van der Waals surface area (Å²) in [5.74, 6) is 0.724. The number of carbonyl (C=O) groups is 2. The fourth-order valence-corrected chi connectivity index (χ4v) is 5.38. The first-order chi connectivity index (χ1) is 18.6. The zero-order valence-electron chi connectivity index (χ0n) is 20.4. The van der Waals surface area contributed by atoms with Crippen LogP contribution in [0.5, 0.6) is 0 Å². The number of amides is 2. The van der Waals surface area contributed by atoms with E-state index < -0.39 is 0 Å². The lowest BCUT2D eigenvalue weighted by molar-refractivity contribution is 0.0980. The largest absolute Gasteiger partial charge is 0.459 e. The first kappa shape index (κ1) is 23.7. The highest BCUT2D eigenvalue weighted by atomic mass is 32.2. The molecular formula is C29H22N4O4S. The summed E-state index contributed by atoms with van der Waals surface area (Å²) in [5, 5.41) is 6.98. The molecule has 0 fully saturated rings. The fourth-order valence-electron chi connectivity index (χ4n) is 4.26. The van der Waals surface area contributed by atoms with Crippen molar-refractivity contribution in [3.05, 3.63) is 96.4 Å². The van der Waals surface area contributed by atoms with Crippen molar-refractivity contribution in [1.29, 1.82) is 0 Å². The van der Waals surface area contributed by atoms with Gasteiger partial charge in [0.1, 0.15) is 0 Å². The first-order valence-corrected chi connectivity index (χ1v) is 12.9. The number of fused-ring (bicyclic) bond motifs is 2. The number of furan rings is 1. The lowest BCUT2D eigenvalue weighted by Crippen LogP contribution is -2.31. The number of benzene rings is 3. The van der Waals surface area contributed by atoms with Gasteiger partial charge in [-0.3, -0.25) is 9.59 Å². The van der Waals surface area contributed by atoms with E-state index in [1.165, 1.54) is 6.26 Å². The van der Waals surface area contributed by atoms with Gasteiger partial charge in [-0.25, -0.2) is 0 Å². The second-order valence-electron chi connectivity index (χ2n) is 8.67. The van der Waals surface area contributed by atoms with Crippen molar-refractivity contribution in [2.24, 2.45) is 0 Å². The summed E-state index contributed by atoms with van der Waals surface area (Å²) in [4.78, 5) is 33.8. The molecule has 0 radical (unpaired) electrons. The second kappa shape index (κ2) is 10.0. The van der Waals surface area contributed by atoms with Crippen molar-refractivity contribution in [3.8, 4) is 22.8 Å². The van der Waals surface area contributed by atoms with Crippen molar-refractivity contribution in [2.45, 2.75) is 23.1 Å². The summed E-state index contributed by atoms with van der Waals surface area (Å²) in [6.07, 6.45) is 2.30. The monoisotopic (exact) mass is 522 g/mol. The molecule has 3 aromatic carbocycles. The lowest BCUT2D eigenvalue weighted by Gasteiger charge is -2.22. The standard InChI is InChI=1S/C29H22N4O4S/c1-2-15-33-22-14-11-19(17-25(22)38-24-8-4-3-6-21(24)29(33)35)26-31-28(37-32-26)18-9-12-20(13-10-18)30-27(34)23-7-5-16-36-23/h3-14,16-17H,2,15H2,1H3,(H,30,34). The molecule has 8 nitrogen and oxygen atoms in total. The van der Waals surface area contributed by atoms with Gasteiger partial charge in [0.15, 0.2) is 5.76 Å². The molecule has 3 heterocycles. The maximum absolute atomic E-state index is 13.3. The van der Waals surface area contributed by atoms with Gasteiger partial charge in [-0.1, -0.05) is 36.0 Å². The molecule has 6 rings (SSSR count). The Bertz CT molecular complexity index is 1630. The molecule has 0 spiro atoms. The number of anilines is 2. The number of nitrogens with one attached hydrogen (secondary N) is 1. The van der Waals surface area contributed by atoms with Gasteiger partial charge >= 0.3 is 0 Å². The second-order valence-corrected chi connectivity index (χ2v) is 9.75. The molecule has 188 valence electrons. The Morgan fingerprint density at radius 3 is 2.58 bits per heavy atom. The van der Waals surface area contributed by atoms with E-state index in [9.17, 15) is 9.59 Å². The van der Waals surface area contributed by atoms with Crippen LogP contribution in [0.25, 0.3) is 22.8 Å². The van der Waals surface area contributed by atoms with Crippen LogP contribution in [0, 0.1) is 0 Å². The number of hydrogen-bond donors (Lipinski definition) is 1. The van der Waals surface area contributed by atoms with Crippen LogP contribution >= 0.6 is 11.8 Å². The Labute approximate surface area is 222 Å². The molecule has 2 aromatic heterocycles. The average Bonchev–Trinajstić information content (AvgIpc) is 3.64. The van der Waals surface area contributed by atoms with Crippen LogP contribution in [0.2, 0.25) is 0 Å². The molecule has 0 saturated carbocycles. The summed E-state index contributed by atoms with van der Waals surface area (Å²) in [7, 11) is 0. The van der Waals surface area contributed by atoms with Gasteiger partial charge < -0.3 is 19.2 Å². The molecule has 0 aliphatic carbocycles. The van der Waals surface area contributed by atoms with E-state index in [2.05, 4.69) is 22.4 Å². The van der Waals surface area contributed by atoms with Gasteiger partial charge in [0.25, 0.3) is 17.7 Å². The molecule has 0 unspecified atom stereocenters. The minimum absolute atomic E-state index is 0.00657.